The molecule has 4 rings (SSSR count). The monoisotopic (exact) mass is 464 g/mol. The van der Waals surface area contributed by atoms with Crippen molar-refractivity contribution in [2.75, 3.05) is 25.0 Å². The highest BCUT2D eigenvalue weighted by molar-refractivity contribution is 5.81. The third kappa shape index (κ3) is 4.89. The van der Waals surface area contributed by atoms with Crippen molar-refractivity contribution in [1.29, 1.82) is 0 Å². The van der Waals surface area contributed by atoms with E-state index in [-0.39, 0.29) is 17.5 Å². The maximum absolute atomic E-state index is 13.9. The number of urea groups is 1. The molecule has 0 saturated carbocycles. The molecular formula is C23H24F4N4O2. The van der Waals surface area contributed by atoms with Crippen LogP contribution in [0.2, 0.25) is 0 Å². The maximum atomic E-state index is 13.9. The highest BCUT2D eigenvalue weighted by Crippen LogP contribution is 2.34. The highest BCUT2D eigenvalue weighted by Gasteiger charge is 2.34. The minimum atomic E-state index is -4.75. The summed E-state index contributed by atoms with van der Waals surface area (Å²) in [4.78, 5) is 27.8. The Morgan fingerprint density at radius 1 is 1.09 bits per heavy atom. The number of anilines is 2. The molecule has 3 N–H and O–H groups in total. The Balaban J connectivity index is 1.48. The highest BCUT2D eigenvalue weighted by atomic mass is 19.4. The molecule has 0 bridgehead atoms. The van der Waals surface area contributed by atoms with Crippen LogP contribution in [0.25, 0.3) is 0 Å². The first kappa shape index (κ1) is 22.9. The molecule has 1 fully saturated rings. The second-order valence-corrected chi connectivity index (χ2v) is 8.39. The summed E-state index contributed by atoms with van der Waals surface area (Å²) in [6.45, 7) is 1.73. The zero-order valence-electron chi connectivity index (χ0n) is 17.8. The number of nitrogens with zero attached hydrogens (tertiary/aromatic N) is 2. The first-order valence-corrected chi connectivity index (χ1v) is 10.7. The molecule has 0 radical (unpaired) electrons. The second-order valence-electron chi connectivity index (χ2n) is 8.39. The minimum absolute atomic E-state index is 0.0187. The molecule has 3 amide bonds. The number of fused-ring (bicyclic) bond motifs is 1. The van der Waals surface area contributed by atoms with Crippen molar-refractivity contribution in [3.05, 3.63) is 58.9 Å². The fraction of sp³-hybridized carbons (Fsp3) is 0.391. The number of piperidine rings is 1. The summed E-state index contributed by atoms with van der Waals surface area (Å²) < 4.78 is 52.4. The zero-order valence-corrected chi connectivity index (χ0v) is 17.8. The van der Waals surface area contributed by atoms with E-state index < -0.39 is 23.6 Å². The number of rotatable bonds is 3. The molecular weight excluding hydrogens is 440 g/mol. The molecule has 1 saturated heterocycles. The smallest absolute Gasteiger partial charge is 0.355 e. The number of halogens is 4. The second kappa shape index (κ2) is 8.92. The molecule has 1 unspecified atom stereocenters. The van der Waals surface area contributed by atoms with Gasteiger partial charge in [-0.15, -0.1) is 0 Å². The molecule has 2 aliphatic rings. The van der Waals surface area contributed by atoms with Gasteiger partial charge in [-0.2, -0.15) is 13.2 Å². The SMILES string of the molecule is NC(=O)N1CCCC(C(=O)N2CCc3c(cccc3Nc3ccc(C(F)(F)F)c(F)c3)C2)C1. The third-order valence-corrected chi connectivity index (χ3v) is 6.21. The largest absolute Gasteiger partial charge is 0.419 e. The van der Waals surface area contributed by atoms with E-state index in [1.54, 1.807) is 17.0 Å². The third-order valence-electron chi connectivity index (χ3n) is 6.21. The summed E-state index contributed by atoms with van der Waals surface area (Å²) >= 11 is 0. The fourth-order valence-corrected chi connectivity index (χ4v) is 4.53. The molecule has 0 spiro atoms. The number of likely N-dealkylation sites (tertiary alicyclic amines) is 1. The van der Waals surface area contributed by atoms with Gasteiger partial charge in [-0.1, -0.05) is 12.1 Å². The average Bonchev–Trinajstić information content (AvgIpc) is 2.77. The molecule has 0 aromatic heterocycles. The molecule has 2 heterocycles. The number of alkyl halides is 3. The van der Waals surface area contributed by atoms with Gasteiger partial charge >= 0.3 is 12.2 Å². The van der Waals surface area contributed by atoms with Crippen LogP contribution < -0.4 is 11.1 Å². The van der Waals surface area contributed by atoms with Crippen molar-refractivity contribution in [1.82, 2.24) is 9.80 Å². The lowest BCUT2D eigenvalue weighted by Gasteiger charge is -2.36. The van der Waals surface area contributed by atoms with Gasteiger partial charge in [-0.3, -0.25) is 4.79 Å². The first-order valence-electron chi connectivity index (χ1n) is 10.7. The van der Waals surface area contributed by atoms with E-state index in [0.717, 1.165) is 23.6 Å². The molecule has 10 heteroatoms. The summed E-state index contributed by atoms with van der Waals surface area (Å²) in [6, 6.07) is 7.66. The van der Waals surface area contributed by atoms with Crippen LogP contribution in [0.15, 0.2) is 36.4 Å². The molecule has 1 atom stereocenters. The number of benzene rings is 2. The average molecular weight is 464 g/mol. The number of carbonyl (C=O) groups excluding carboxylic acids is 2. The molecule has 2 aromatic carbocycles. The minimum Gasteiger partial charge on any atom is -0.355 e. The fourth-order valence-electron chi connectivity index (χ4n) is 4.53. The summed E-state index contributed by atoms with van der Waals surface area (Å²) in [5.41, 5.74) is 6.77. The predicted octanol–water partition coefficient (Wildman–Crippen LogP) is 4.26. The van der Waals surface area contributed by atoms with E-state index in [1.165, 1.54) is 11.0 Å². The summed E-state index contributed by atoms with van der Waals surface area (Å²) in [5, 5.41) is 3.01. The topological polar surface area (TPSA) is 78.7 Å². The van der Waals surface area contributed by atoms with E-state index in [9.17, 15) is 27.2 Å². The van der Waals surface area contributed by atoms with E-state index in [4.69, 9.17) is 5.73 Å². The van der Waals surface area contributed by atoms with E-state index >= 15 is 0 Å². The standard InChI is InChI=1S/C23H24F4N4O2/c24-19-11-16(6-7-18(19)23(25,26)27)29-20-5-1-3-14-12-30(10-8-17(14)20)21(32)15-4-2-9-31(13-15)22(28)33/h1,3,5-7,11,15,29H,2,4,8-10,12-13H2,(H2,28,33). The Morgan fingerprint density at radius 3 is 2.58 bits per heavy atom. The van der Waals surface area contributed by atoms with Crippen molar-refractivity contribution in [3.8, 4) is 0 Å². The lowest BCUT2D eigenvalue weighted by molar-refractivity contribution is -0.140. The van der Waals surface area contributed by atoms with Gasteiger partial charge in [-0.25, -0.2) is 9.18 Å². The Hall–Kier alpha value is -3.30. The predicted molar refractivity (Wildman–Crippen MR) is 114 cm³/mol. The molecule has 176 valence electrons. The lowest BCUT2D eigenvalue weighted by Crippen LogP contribution is -2.49. The number of carbonyl (C=O) groups is 2. The van der Waals surface area contributed by atoms with E-state index in [1.807, 2.05) is 6.07 Å². The van der Waals surface area contributed by atoms with Crippen molar-refractivity contribution in [2.45, 2.75) is 32.0 Å². The zero-order chi connectivity index (χ0) is 23.8. The van der Waals surface area contributed by atoms with Crippen LogP contribution in [-0.4, -0.2) is 41.4 Å². The van der Waals surface area contributed by atoms with Crippen LogP contribution in [0, 0.1) is 11.7 Å². The van der Waals surface area contributed by atoms with Gasteiger partial charge in [0, 0.05) is 37.6 Å². The van der Waals surface area contributed by atoms with Crippen LogP contribution in [0.1, 0.15) is 29.5 Å². The Labute approximate surface area is 188 Å². The number of amides is 3. The molecule has 2 aromatic rings. The van der Waals surface area contributed by atoms with Gasteiger partial charge < -0.3 is 20.9 Å². The molecule has 6 nitrogen and oxygen atoms in total. The maximum Gasteiger partial charge on any atom is 0.419 e. The van der Waals surface area contributed by atoms with Crippen LogP contribution in [0.3, 0.4) is 0 Å². The Morgan fingerprint density at radius 2 is 1.88 bits per heavy atom. The van der Waals surface area contributed by atoms with Crippen LogP contribution in [0.4, 0.5) is 33.7 Å². The van der Waals surface area contributed by atoms with Crippen LogP contribution >= 0.6 is 0 Å². The number of hydrogen-bond acceptors (Lipinski definition) is 3. The van der Waals surface area contributed by atoms with Gasteiger partial charge in [0.25, 0.3) is 0 Å². The Bertz CT molecular complexity index is 1070. The number of primary amides is 1. The summed E-state index contributed by atoms with van der Waals surface area (Å²) in [6.07, 6.45) is -2.79. The van der Waals surface area contributed by atoms with Crippen molar-refractivity contribution < 1.29 is 27.2 Å². The number of nitrogens with one attached hydrogen (secondary N) is 1. The quantitative estimate of drug-likeness (QED) is 0.667. The van der Waals surface area contributed by atoms with Crippen molar-refractivity contribution in [2.24, 2.45) is 11.7 Å². The summed E-state index contributed by atoms with van der Waals surface area (Å²) in [5.74, 6) is -1.65. The number of hydrogen-bond donors (Lipinski definition) is 2. The van der Waals surface area contributed by atoms with Crippen molar-refractivity contribution in [3.63, 3.8) is 0 Å². The number of nitrogens with two attached hydrogens (primary N) is 1. The van der Waals surface area contributed by atoms with Crippen LogP contribution in [0.5, 0.6) is 0 Å². The van der Waals surface area contributed by atoms with Gasteiger partial charge in [0.15, 0.2) is 0 Å². The molecule has 2 aliphatic heterocycles. The van der Waals surface area contributed by atoms with E-state index in [0.29, 0.717) is 50.8 Å². The lowest BCUT2D eigenvalue weighted by atomic mass is 9.93. The van der Waals surface area contributed by atoms with Gasteiger partial charge in [0.05, 0.1) is 11.5 Å². The molecule has 0 aliphatic carbocycles. The van der Waals surface area contributed by atoms with E-state index in [2.05, 4.69) is 5.32 Å². The van der Waals surface area contributed by atoms with Gasteiger partial charge in [0.2, 0.25) is 5.91 Å². The first-order chi connectivity index (χ1) is 15.6. The van der Waals surface area contributed by atoms with Crippen LogP contribution in [-0.2, 0) is 23.9 Å². The van der Waals surface area contributed by atoms with Gasteiger partial charge in [0.1, 0.15) is 5.82 Å². The normalized spacial score (nSPS) is 18.6. The van der Waals surface area contributed by atoms with Crippen molar-refractivity contribution >= 4 is 23.3 Å². The van der Waals surface area contributed by atoms with Gasteiger partial charge in [-0.05, 0) is 54.7 Å². The Kier molecular flexibility index (Phi) is 6.18. The summed E-state index contributed by atoms with van der Waals surface area (Å²) in [7, 11) is 0. The molecule has 33 heavy (non-hydrogen) atoms.